The van der Waals surface area contributed by atoms with Gasteiger partial charge >= 0.3 is 0 Å². The highest BCUT2D eigenvalue weighted by molar-refractivity contribution is 5.95. The van der Waals surface area contributed by atoms with Gasteiger partial charge in [-0.15, -0.1) is 0 Å². The molecule has 26 heavy (non-hydrogen) atoms. The van der Waals surface area contributed by atoms with Crippen LogP contribution in [-0.2, 0) is 9.53 Å². The summed E-state index contributed by atoms with van der Waals surface area (Å²) in [5, 5.41) is 5.73. The van der Waals surface area contributed by atoms with Gasteiger partial charge in [-0.3, -0.25) is 9.59 Å². The van der Waals surface area contributed by atoms with Gasteiger partial charge in [0.2, 0.25) is 11.8 Å². The molecule has 4 N–H and O–H groups in total. The molecule has 0 fully saturated rings. The van der Waals surface area contributed by atoms with Gasteiger partial charge in [-0.25, -0.2) is 0 Å². The minimum atomic E-state index is -0.512. The summed E-state index contributed by atoms with van der Waals surface area (Å²) >= 11 is 0. The average Bonchev–Trinajstić information content (AvgIpc) is 2.65. The highest BCUT2D eigenvalue weighted by Crippen LogP contribution is 2.16. The Morgan fingerprint density at radius 3 is 2.50 bits per heavy atom. The second-order valence-electron chi connectivity index (χ2n) is 5.42. The topological polar surface area (TPSA) is 103 Å². The van der Waals surface area contributed by atoms with Crippen LogP contribution in [0.4, 0.5) is 11.4 Å². The molecule has 2 amide bonds. The molecule has 0 heterocycles. The van der Waals surface area contributed by atoms with E-state index in [4.69, 9.17) is 15.2 Å². The van der Waals surface area contributed by atoms with Crippen molar-refractivity contribution in [3.05, 3.63) is 54.1 Å². The molecule has 2 rings (SSSR count). The van der Waals surface area contributed by atoms with Gasteiger partial charge < -0.3 is 25.8 Å². The molecular weight excluding hydrogens is 334 g/mol. The van der Waals surface area contributed by atoms with Crippen LogP contribution in [0.5, 0.6) is 5.75 Å². The van der Waals surface area contributed by atoms with Gasteiger partial charge in [0.25, 0.3) is 0 Å². The SMILES string of the molecule is CCOCCOc1ccc(NC(=O)CNc2cccc(C(N)=O)c2)cc1. The number of benzene rings is 2. The lowest BCUT2D eigenvalue weighted by molar-refractivity contribution is -0.114. The molecule has 0 radical (unpaired) electrons. The predicted molar refractivity (Wildman–Crippen MR) is 101 cm³/mol. The summed E-state index contributed by atoms with van der Waals surface area (Å²) in [4.78, 5) is 23.2. The molecule has 0 aromatic heterocycles. The van der Waals surface area contributed by atoms with Crippen molar-refractivity contribution < 1.29 is 19.1 Å². The number of hydrogen-bond acceptors (Lipinski definition) is 5. The third kappa shape index (κ3) is 6.45. The van der Waals surface area contributed by atoms with E-state index < -0.39 is 5.91 Å². The van der Waals surface area contributed by atoms with E-state index >= 15 is 0 Å². The van der Waals surface area contributed by atoms with E-state index in [9.17, 15) is 9.59 Å². The summed E-state index contributed by atoms with van der Waals surface area (Å²) in [6.45, 7) is 3.68. The maximum Gasteiger partial charge on any atom is 0.248 e. The smallest absolute Gasteiger partial charge is 0.248 e. The summed E-state index contributed by atoms with van der Waals surface area (Å²) in [6, 6.07) is 13.8. The molecule has 7 heteroatoms. The lowest BCUT2D eigenvalue weighted by Crippen LogP contribution is -2.22. The number of amides is 2. The molecule has 0 unspecified atom stereocenters. The van der Waals surface area contributed by atoms with Crippen molar-refractivity contribution in [2.24, 2.45) is 5.73 Å². The largest absolute Gasteiger partial charge is 0.491 e. The number of carbonyl (C=O) groups is 2. The molecule has 0 saturated carbocycles. The molecule has 0 saturated heterocycles. The molecule has 0 aliphatic carbocycles. The van der Waals surface area contributed by atoms with Crippen LogP contribution in [-0.4, -0.2) is 38.2 Å². The zero-order valence-electron chi connectivity index (χ0n) is 14.7. The molecule has 0 atom stereocenters. The van der Waals surface area contributed by atoms with Crippen molar-refractivity contribution in [2.75, 3.05) is 37.0 Å². The van der Waals surface area contributed by atoms with Gasteiger partial charge in [-0.05, 0) is 49.4 Å². The normalized spacial score (nSPS) is 10.2. The fraction of sp³-hybridized carbons (Fsp3) is 0.263. The van der Waals surface area contributed by atoms with Crippen LogP contribution in [0.15, 0.2) is 48.5 Å². The number of nitrogens with two attached hydrogens (primary N) is 1. The second kappa shape index (κ2) is 10.0. The van der Waals surface area contributed by atoms with Crippen molar-refractivity contribution in [3.63, 3.8) is 0 Å². The molecule has 2 aromatic rings. The van der Waals surface area contributed by atoms with Crippen LogP contribution in [0, 0.1) is 0 Å². The second-order valence-corrected chi connectivity index (χ2v) is 5.42. The Kier molecular flexibility index (Phi) is 7.45. The van der Waals surface area contributed by atoms with E-state index in [0.29, 0.717) is 42.5 Å². The summed E-state index contributed by atoms with van der Waals surface area (Å²) in [6.07, 6.45) is 0. The van der Waals surface area contributed by atoms with Crippen LogP contribution < -0.4 is 21.1 Å². The molecular formula is C19H23N3O4. The molecule has 0 spiro atoms. The van der Waals surface area contributed by atoms with Crippen molar-refractivity contribution >= 4 is 23.2 Å². The maximum atomic E-state index is 12.0. The molecule has 0 aliphatic rings. The van der Waals surface area contributed by atoms with Crippen molar-refractivity contribution in [1.29, 1.82) is 0 Å². The predicted octanol–water partition coefficient (Wildman–Crippen LogP) is 2.25. The number of primary amides is 1. The fourth-order valence-electron chi connectivity index (χ4n) is 2.17. The Bertz CT molecular complexity index is 732. The number of carbonyl (C=O) groups excluding carboxylic acids is 2. The van der Waals surface area contributed by atoms with E-state index in [0.717, 1.165) is 0 Å². The van der Waals surface area contributed by atoms with Gasteiger partial charge in [-0.1, -0.05) is 6.07 Å². The van der Waals surface area contributed by atoms with Gasteiger partial charge in [-0.2, -0.15) is 0 Å². The highest BCUT2D eigenvalue weighted by atomic mass is 16.5. The lowest BCUT2D eigenvalue weighted by Gasteiger charge is -2.10. The number of hydrogen-bond donors (Lipinski definition) is 3. The molecule has 2 aromatic carbocycles. The third-order valence-corrected chi connectivity index (χ3v) is 3.44. The van der Waals surface area contributed by atoms with Crippen molar-refractivity contribution in [1.82, 2.24) is 0 Å². The zero-order valence-corrected chi connectivity index (χ0v) is 14.7. The van der Waals surface area contributed by atoms with Gasteiger partial charge in [0.05, 0.1) is 13.2 Å². The third-order valence-electron chi connectivity index (χ3n) is 3.44. The van der Waals surface area contributed by atoms with Gasteiger partial charge in [0.1, 0.15) is 12.4 Å². The van der Waals surface area contributed by atoms with Crippen LogP contribution >= 0.6 is 0 Å². The summed E-state index contributed by atoms with van der Waals surface area (Å²) in [5.74, 6) is -0.00903. The average molecular weight is 357 g/mol. The minimum Gasteiger partial charge on any atom is -0.491 e. The van der Waals surface area contributed by atoms with Crippen LogP contribution in [0.2, 0.25) is 0 Å². The molecule has 0 bridgehead atoms. The standard InChI is InChI=1S/C19H23N3O4/c1-2-25-10-11-26-17-8-6-15(7-9-17)22-18(23)13-21-16-5-3-4-14(12-16)19(20)24/h3-9,12,21H,2,10-11,13H2,1H3,(H2,20,24)(H,22,23). The Hall–Kier alpha value is -3.06. The maximum absolute atomic E-state index is 12.0. The Balaban J connectivity index is 1.78. The summed E-state index contributed by atoms with van der Waals surface area (Å²) in [5.41, 5.74) is 6.93. The first kappa shape index (κ1) is 19.3. The van der Waals surface area contributed by atoms with Crippen LogP contribution in [0.25, 0.3) is 0 Å². The molecule has 0 aliphatic heterocycles. The lowest BCUT2D eigenvalue weighted by atomic mass is 10.2. The molecule has 138 valence electrons. The fourth-order valence-corrected chi connectivity index (χ4v) is 2.17. The van der Waals surface area contributed by atoms with E-state index in [-0.39, 0.29) is 12.5 Å². The van der Waals surface area contributed by atoms with E-state index in [2.05, 4.69) is 10.6 Å². The van der Waals surface area contributed by atoms with Crippen LogP contribution in [0.1, 0.15) is 17.3 Å². The summed E-state index contributed by atoms with van der Waals surface area (Å²) < 4.78 is 10.7. The van der Waals surface area contributed by atoms with Crippen molar-refractivity contribution in [2.45, 2.75) is 6.92 Å². The number of anilines is 2. The number of ether oxygens (including phenoxy) is 2. The Morgan fingerprint density at radius 1 is 1.04 bits per heavy atom. The number of nitrogens with one attached hydrogen (secondary N) is 2. The first-order valence-electron chi connectivity index (χ1n) is 8.32. The van der Waals surface area contributed by atoms with E-state index in [1.807, 2.05) is 6.92 Å². The van der Waals surface area contributed by atoms with Crippen molar-refractivity contribution in [3.8, 4) is 5.75 Å². The van der Waals surface area contributed by atoms with Crippen LogP contribution in [0.3, 0.4) is 0 Å². The monoisotopic (exact) mass is 357 g/mol. The molecule has 7 nitrogen and oxygen atoms in total. The van der Waals surface area contributed by atoms with Gasteiger partial charge in [0.15, 0.2) is 0 Å². The quantitative estimate of drug-likeness (QED) is 0.566. The summed E-state index contributed by atoms with van der Waals surface area (Å²) in [7, 11) is 0. The minimum absolute atomic E-state index is 0.0643. The number of rotatable bonds is 10. The van der Waals surface area contributed by atoms with E-state index in [1.54, 1.807) is 48.5 Å². The Labute approximate surface area is 152 Å². The first-order valence-corrected chi connectivity index (χ1v) is 8.32. The van der Waals surface area contributed by atoms with E-state index in [1.165, 1.54) is 0 Å². The highest BCUT2D eigenvalue weighted by Gasteiger charge is 2.05. The zero-order chi connectivity index (χ0) is 18.8. The van der Waals surface area contributed by atoms with Gasteiger partial charge in [0, 0.05) is 23.5 Å². The Morgan fingerprint density at radius 2 is 1.81 bits per heavy atom. The first-order chi connectivity index (χ1) is 12.6.